The first-order valence-corrected chi connectivity index (χ1v) is 9.93. The molecule has 0 saturated heterocycles. The van der Waals surface area contributed by atoms with Gasteiger partial charge in [0.1, 0.15) is 5.75 Å². The van der Waals surface area contributed by atoms with Gasteiger partial charge in [0.05, 0.1) is 6.61 Å². The Kier molecular flexibility index (Phi) is 5.02. The molecule has 1 fully saturated rings. The molecule has 1 saturated carbocycles. The third kappa shape index (κ3) is 3.72. The standard InChI is InChI=1S/C22H23ClN2O3/c1-14(26)25-17-5-2-15(3-6-17)8-10-24-21(27)19-13-22(19)9-11-28-20-7-4-16(23)12-18(20)22/h2-7,12,19H,8-11,13H2,1H3,(H,24,27)(H,25,26)/t19-,22-/m0/s1. The molecule has 2 aliphatic rings. The van der Waals surface area contributed by atoms with Crippen LogP contribution in [-0.2, 0) is 21.4 Å². The van der Waals surface area contributed by atoms with E-state index in [9.17, 15) is 9.59 Å². The van der Waals surface area contributed by atoms with E-state index in [2.05, 4.69) is 10.6 Å². The van der Waals surface area contributed by atoms with Crippen molar-refractivity contribution in [2.75, 3.05) is 18.5 Å². The highest BCUT2D eigenvalue weighted by atomic mass is 35.5. The van der Waals surface area contributed by atoms with Crippen LogP contribution in [0, 0.1) is 5.92 Å². The summed E-state index contributed by atoms with van der Waals surface area (Å²) in [5, 5.41) is 6.50. The van der Waals surface area contributed by atoms with Gasteiger partial charge in [-0.25, -0.2) is 0 Å². The number of ether oxygens (including phenoxy) is 1. The molecule has 0 unspecified atom stereocenters. The number of carbonyl (C=O) groups is 2. The Balaban J connectivity index is 1.33. The molecule has 0 bridgehead atoms. The van der Waals surface area contributed by atoms with Crippen molar-refractivity contribution in [2.24, 2.45) is 5.92 Å². The van der Waals surface area contributed by atoms with Crippen molar-refractivity contribution in [3.8, 4) is 5.75 Å². The molecule has 4 rings (SSSR count). The lowest BCUT2D eigenvalue weighted by atomic mass is 9.87. The van der Waals surface area contributed by atoms with Crippen molar-refractivity contribution in [1.29, 1.82) is 0 Å². The van der Waals surface area contributed by atoms with Crippen LogP contribution in [0.25, 0.3) is 0 Å². The van der Waals surface area contributed by atoms with Crippen molar-refractivity contribution in [3.05, 3.63) is 58.6 Å². The summed E-state index contributed by atoms with van der Waals surface area (Å²) in [6, 6.07) is 13.3. The number of fused-ring (bicyclic) bond motifs is 2. The van der Waals surface area contributed by atoms with Gasteiger partial charge in [-0.05, 0) is 55.2 Å². The van der Waals surface area contributed by atoms with Crippen molar-refractivity contribution in [2.45, 2.75) is 31.6 Å². The number of benzene rings is 2. The molecular weight excluding hydrogens is 376 g/mol. The number of carbonyl (C=O) groups excluding carboxylic acids is 2. The van der Waals surface area contributed by atoms with Crippen LogP contribution < -0.4 is 15.4 Å². The first kappa shape index (κ1) is 18.8. The number of nitrogens with one attached hydrogen (secondary N) is 2. The van der Waals surface area contributed by atoms with Gasteiger partial charge in [0.2, 0.25) is 11.8 Å². The molecule has 2 aromatic rings. The summed E-state index contributed by atoms with van der Waals surface area (Å²) in [4.78, 5) is 23.8. The molecule has 1 spiro atoms. The van der Waals surface area contributed by atoms with Crippen LogP contribution in [0.1, 0.15) is 30.9 Å². The summed E-state index contributed by atoms with van der Waals surface area (Å²) in [7, 11) is 0. The van der Waals surface area contributed by atoms with E-state index in [1.54, 1.807) is 0 Å². The first-order valence-electron chi connectivity index (χ1n) is 9.55. The normalized spacial score (nSPS) is 22.1. The summed E-state index contributed by atoms with van der Waals surface area (Å²) in [5.41, 5.74) is 2.84. The Morgan fingerprint density at radius 3 is 2.75 bits per heavy atom. The quantitative estimate of drug-likeness (QED) is 0.807. The lowest BCUT2D eigenvalue weighted by molar-refractivity contribution is -0.122. The van der Waals surface area contributed by atoms with Gasteiger partial charge in [0, 0.05) is 41.1 Å². The maximum absolute atomic E-state index is 12.7. The van der Waals surface area contributed by atoms with Crippen molar-refractivity contribution >= 4 is 29.1 Å². The number of hydrogen-bond donors (Lipinski definition) is 2. The van der Waals surface area contributed by atoms with Crippen LogP contribution >= 0.6 is 11.6 Å². The number of amides is 2. The topological polar surface area (TPSA) is 67.4 Å². The molecule has 5 nitrogen and oxygen atoms in total. The number of anilines is 1. The van der Waals surface area contributed by atoms with Gasteiger partial charge in [0.15, 0.2) is 0 Å². The van der Waals surface area contributed by atoms with E-state index >= 15 is 0 Å². The van der Waals surface area contributed by atoms with Crippen LogP contribution in [0.4, 0.5) is 5.69 Å². The summed E-state index contributed by atoms with van der Waals surface area (Å²) in [6.45, 7) is 2.71. The van der Waals surface area contributed by atoms with Gasteiger partial charge < -0.3 is 15.4 Å². The Hall–Kier alpha value is -2.53. The predicted octanol–water partition coefficient (Wildman–Crippen LogP) is 3.70. The van der Waals surface area contributed by atoms with Crippen LogP contribution in [0.2, 0.25) is 5.02 Å². The molecular formula is C22H23ClN2O3. The molecule has 6 heteroatoms. The summed E-state index contributed by atoms with van der Waals surface area (Å²) < 4.78 is 5.74. The van der Waals surface area contributed by atoms with E-state index in [1.165, 1.54) is 6.92 Å². The summed E-state index contributed by atoms with van der Waals surface area (Å²) in [5.74, 6) is 0.845. The first-order chi connectivity index (χ1) is 13.5. The van der Waals surface area contributed by atoms with Crippen molar-refractivity contribution in [3.63, 3.8) is 0 Å². The molecule has 0 radical (unpaired) electrons. The maximum Gasteiger partial charge on any atom is 0.224 e. The minimum absolute atomic E-state index is 0.0178. The van der Waals surface area contributed by atoms with Gasteiger partial charge in [0.25, 0.3) is 0 Å². The fraction of sp³-hybridized carbons (Fsp3) is 0.364. The fourth-order valence-corrected chi connectivity index (χ4v) is 4.30. The van der Waals surface area contributed by atoms with Gasteiger partial charge >= 0.3 is 0 Å². The second-order valence-corrected chi connectivity index (χ2v) is 8.01. The smallest absolute Gasteiger partial charge is 0.224 e. The van der Waals surface area contributed by atoms with Crippen LogP contribution in [0.3, 0.4) is 0 Å². The lowest BCUT2D eigenvalue weighted by Gasteiger charge is -2.27. The van der Waals surface area contributed by atoms with Gasteiger partial charge in [-0.3, -0.25) is 9.59 Å². The average molecular weight is 399 g/mol. The SMILES string of the molecule is CC(=O)Nc1ccc(CCNC(=O)[C@@H]2C[C@]23CCOc2ccc(Cl)cc23)cc1. The second kappa shape index (κ2) is 7.47. The molecule has 1 aliphatic carbocycles. The third-order valence-corrected chi connectivity index (χ3v) is 5.90. The highest BCUT2D eigenvalue weighted by Crippen LogP contribution is 2.61. The van der Waals surface area contributed by atoms with Crippen molar-refractivity contribution < 1.29 is 14.3 Å². The summed E-state index contributed by atoms with van der Waals surface area (Å²) in [6.07, 6.45) is 2.45. The zero-order valence-corrected chi connectivity index (χ0v) is 16.5. The molecule has 2 atom stereocenters. The van der Waals surface area contributed by atoms with Crippen LogP contribution in [0.5, 0.6) is 5.75 Å². The molecule has 146 valence electrons. The number of hydrogen-bond acceptors (Lipinski definition) is 3. The maximum atomic E-state index is 12.7. The summed E-state index contributed by atoms with van der Waals surface area (Å²) >= 11 is 6.17. The van der Waals surface area contributed by atoms with E-state index < -0.39 is 0 Å². The Bertz CT molecular complexity index is 912. The highest BCUT2D eigenvalue weighted by Gasteiger charge is 2.61. The molecule has 1 heterocycles. The molecule has 0 aromatic heterocycles. The largest absolute Gasteiger partial charge is 0.493 e. The van der Waals surface area contributed by atoms with E-state index in [4.69, 9.17) is 16.3 Å². The Labute approximate surface area is 169 Å². The zero-order valence-electron chi connectivity index (χ0n) is 15.8. The van der Waals surface area contributed by atoms with Gasteiger partial charge in [-0.2, -0.15) is 0 Å². The van der Waals surface area contributed by atoms with Gasteiger partial charge in [-0.1, -0.05) is 23.7 Å². The average Bonchev–Trinajstić information content (AvgIpc) is 3.38. The predicted molar refractivity (Wildman–Crippen MR) is 109 cm³/mol. The minimum Gasteiger partial charge on any atom is -0.493 e. The van der Waals surface area contributed by atoms with Crippen LogP contribution in [0.15, 0.2) is 42.5 Å². The molecule has 2 amide bonds. The lowest BCUT2D eigenvalue weighted by Crippen LogP contribution is -2.32. The van der Waals surface area contributed by atoms with E-state index in [0.29, 0.717) is 18.2 Å². The van der Waals surface area contributed by atoms with Crippen molar-refractivity contribution in [1.82, 2.24) is 5.32 Å². The number of rotatable bonds is 5. The molecule has 2 N–H and O–H groups in total. The van der Waals surface area contributed by atoms with E-state index in [-0.39, 0.29) is 23.1 Å². The molecule has 2 aromatic carbocycles. The molecule has 1 aliphatic heterocycles. The fourth-order valence-electron chi connectivity index (χ4n) is 4.13. The molecule has 28 heavy (non-hydrogen) atoms. The second-order valence-electron chi connectivity index (χ2n) is 7.57. The monoisotopic (exact) mass is 398 g/mol. The van der Waals surface area contributed by atoms with Gasteiger partial charge in [-0.15, -0.1) is 0 Å². The zero-order chi connectivity index (χ0) is 19.7. The minimum atomic E-state index is -0.122. The van der Waals surface area contributed by atoms with Crippen LogP contribution in [-0.4, -0.2) is 25.0 Å². The Morgan fingerprint density at radius 2 is 2.00 bits per heavy atom. The van der Waals surface area contributed by atoms with E-state index in [1.807, 2.05) is 42.5 Å². The third-order valence-electron chi connectivity index (χ3n) is 5.66. The Morgan fingerprint density at radius 1 is 1.21 bits per heavy atom. The number of halogens is 1. The highest BCUT2D eigenvalue weighted by molar-refractivity contribution is 6.30. The van der Waals surface area contributed by atoms with E-state index in [0.717, 1.165) is 41.8 Å².